The zero-order valence-electron chi connectivity index (χ0n) is 17.5. The number of benzene rings is 2. The van der Waals surface area contributed by atoms with Crippen LogP contribution in [-0.2, 0) is 19.7 Å². The molecule has 7 nitrogen and oxygen atoms in total. The maximum atomic E-state index is 12.2. The first-order valence-corrected chi connectivity index (χ1v) is 9.55. The molecule has 0 aliphatic rings. The minimum Gasteiger partial charge on any atom is -0.454 e. The van der Waals surface area contributed by atoms with E-state index in [9.17, 15) is 19.2 Å². The number of hydrogen-bond acceptors (Lipinski definition) is 5. The molecular weight excluding hydrogens is 384 g/mol. The fourth-order valence-corrected chi connectivity index (χ4v) is 2.55. The van der Waals surface area contributed by atoms with Gasteiger partial charge in [-0.1, -0.05) is 51.1 Å². The van der Waals surface area contributed by atoms with Gasteiger partial charge in [-0.2, -0.15) is 0 Å². The largest absolute Gasteiger partial charge is 0.454 e. The molecule has 1 atom stereocenters. The summed E-state index contributed by atoms with van der Waals surface area (Å²) in [6.45, 7) is 6.99. The van der Waals surface area contributed by atoms with E-state index in [0.717, 1.165) is 5.56 Å². The van der Waals surface area contributed by atoms with E-state index in [1.165, 1.54) is 6.92 Å². The van der Waals surface area contributed by atoms with Gasteiger partial charge in [0, 0.05) is 11.1 Å². The standard InChI is InChI=1S/C23H26N2O5/c1-15(24-20(27)16-8-6-5-7-9-16)22(29)30-14-19(26)25-21(28)17-10-12-18(13-11-17)23(2,3)4/h5-13,15H,14H2,1-4H3,(H,24,27)(H,25,26,28)/t15-/m0/s1. The maximum absolute atomic E-state index is 12.2. The molecule has 2 aromatic carbocycles. The summed E-state index contributed by atoms with van der Waals surface area (Å²) in [5.41, 5.74) is 1.74. The zero-order chi connectivity index (χ0) is 22.3. The molecule has 0 saturated heterocycles. The van der Waals surface area contributed by atoms with Gasteiger partial charge in [0.25, 0.3) is 17.7 Å². The Bertz CT molecular complexity index is 915. The number of imide groups is 1. The molecule has 0 heterocycles. The van der Waals surface area contributed by atoms with Crippen LogP contribution in [0.15, 0.2) is 54.6 Å². The van der Waals surface area contributed by atoms with Crippen LogP contribution in [0.4, 0.5) is 0 Å². The van der Waals surface area contributed by atoms with Crippen LogP contribution in [0.25, 0.3) is 0 Å². The Morgan fingerprint density at radius 1 is 0.867 bits per heavy atom. The summed E-state index contributed by atoms with van der Waals surface area (Å²) < 4.78 is 4.89. The van der Waals surface area contributed by atoms with Crippen molar-refractivity contribution in [3.8, 4) is 0 Å². The van der Waals surface area contributed by atoms with Gasteiger partial charge in [0.05, 0.1) is 0 Å². The third-order valence-corrected chi connectivity index (χ3v) is 4.35. The Morgan fingerprint density at radius 2 is 1.43 bits per heavy atom. The first-order valence-electron chi connectivity index (χ1n) is 9.55. The van der Waals surface area contributed by atoms with E-state index < -0.39 is 36.3 Å². The molecule has 0 aliphatic carbocycles. The van der Waals surface area contributed by atoms with Crippen LogP contribution in [0, 0.1) is 0 Å². The second kappa shape index (κ2) is 9.82. The normalized spacial score (nSPS) is 11.9. The lowest BCUT2D eigenvalue weighted by Gasteiger charge is -2.19. The molecule has 0 aliphatic heterocycles. The molecule has 0 fully saturated rings. The molecule has 0 radical (unpaired) electrons. The summed E-state index contributed by atoms with van der Waals surface area (Å²) in [7, 11) is 0. The molecule has 158 valence electrons. The number of amides is 3. The molecule has 30 heavy (non-hydrogen) atoms. The molecule has 0 saturated carbocycles. The predicted octanol–water partition coefficient (Wildman–Crippen LogP) is 2.60. The molecule has 0 unspecified atom stereocenters. The number of nitrogens with one attached hydrogen (secondary N) is 2. The van der Waals surface area contributed by atoms with Gasteiger partial charge in [0.2, 0.25) is 0 Å². The van der Waals surface area contributed by atoms with Crippen molar-refractivity contribution in [1.82, 2.24) is 10.6 Å². The first kappa shape index (κ1) is 22.8. The van der Waals surface area contributed by atoms with Crippen molar-refractivity contribution in [3.05, 3.63) is 71.3 Å². The average molecular weight is 410 g/mol. The fourth-order valence-electron chi connectivity index (χ4n) is 2.55. The number of ether oxygens (including phenoxy) is 1. The minimum absolute atomic E-state index is 0.0500. The smallest absolute Gasteiger partial charge is 0.328 e. The maximum Gasteiger partial charge on any atom is 0.328 e. The average Bonchev–Trinajstić information content (AvgIpc) is 2.72. The second-order valence-corrected chi connectivity index (χ2v) is 7.87. The minimum atomic E-state index is -0.953. The Hall–Kier alpha value is -3.48. The van der Waals surface area contributed by atoms with Crippen LogP contribution in [0.3, 0.4) is 0 Å². The van der Waals surface area contributed by atoms with Gasteiger partial charge in [0.1, 0.15) is 6.04 Å². The highest BCUT2D eigenvalue weighted by Gasteiger charge is 2.20. The van der Waals surface area contributed by atoms with Gasteiger partial charge in [-0.25, -0.2) is 4.79 Å². The van der Waals surface area contributed by atoms with Gasteiger partial charge in [-0.05, 0) is 42.2 Å². The fraction of sp³-hybridized carbons (Fsp3) is 0.304. The first-order chi connectivity index (χ1) is 14.1. The van der Waals surface area contributed by atoms with Crippen LogP contribution in [0.2, 0.25) is 0 Å². The van der Waals surface area contributed by atoms with E-state index in [1.807, 2.05) is 12.1 Å². The van der Waals surface area contributed by atoms with Crippen LogP contribution in [0.5, 0.6) is 0 Å². The van der Waals surface area contributed by atoms with E-state index in [0.29, 0.717) is 11.1 Å². The van der Waals surface area contributed by atoms with E-state index >= 15 is 0 Å². The third-order valence-electron chi connectivity index (χ3n) is 4.35. The van der Waals surface area contributed by atoms with E-state index in [1.54, 1.807) is 42.5 Å². The lowest BCUT2D eigenvalue weighted by molar-refractivity contribution is -0.149. The SMILES string of the molecule is C[C@H](NC(=O)c1ccccc1)C(=O)OCC(=O)NC(=O)c1ccc(C(C)(C)C)cc1. The predicted molar refractivity (Wildman–Crippen MR) is 112 cm³/mol. The molecular formula is C23H26N2O5. The Labute approximate surface area is 175 Å². The lowest BCUT2D eigenvalue weighted by atomic mass is 9.87. The van der Waals surface area contributed by atoms with Crippen LogP contribution in [0.1, 0.15) is 54.0 Å². The van der Waals surface area contributed by atoms with E-state index in [4.69, 9.17) is 4.74 Å². The van der Waals surface area contributed by atoms with Crippen molar-refractivity contribution >= 4 is 23.7 Å². The summed E-state index contributed by atoms with van der Waals surface area (Å²) in [5.74, 6) is -2.55. The molecule has 0 bridgehead atoms. The van der Waals surface area contributed by atoms with Gasteiger partial charge in [-0.15, -0.1) is 0 Å². The second-order valence-electron chi connectivity index (χ2n) is 7.87. The topological polar surface area (TPSA) is 102 Å². The van der Waals surface area contributed by atoms with Crippen LogP contribution >= 0.6 is 0 Å². The molecule has 7 heteroatoms. The van der Waals surface area contributed by atoms with Crippen molar-refractivity contribution < 1.29 is 23.9 Å². The number of carbonyl (C=O) groups is 4. The molecule has 0 aromatic heterocycles. The molecule has 2 aromatic rings. The van der Waals surface area contributed by atoms with Crippen molar-refractivity contribution in [2.75, 3.05) is 6.61 Å². The summed E-state index contributed by atoms with van der Waals surface area (Å²) in [4.78, 5) is 48.1. The monoisotopic (exact) mass is 410 g/mol. The Morgan fingerprint density at radius 3 is 2.00 bits per heavy atom. The number of rotatable bonds is 6. The molecule has 2 rings (SSSR count). The van der Waals surface area contributed by atoms with Crippen LogP contribution in [-0.4, -0.2) is 36.3 Å². The van der Waals surface area contributed by atoms with Gasteiger partial charge < -0.3 is 10.1 Å². The molecule has 0 spiro atoms. The zero-order valence-corrected chi connectivity index (χ0v) is 17.5. The highest BCUT2D eigenvalue weighted by molar-refractivity contribution is 6.05. The Balaban J connectivity index is 1.81. The molecule has 3 amide bonds. The highest BCUT2D eigenvalue weighted by atomic mass is 16.5. The van der Waals surface area contributed by atoms with Crippen LogP contribution < -0.4 is 10.6 Å². The highest BCUT2D eigenvalue weighted by Crippen LogP contribution is 2.22. The van der Waals surface area contributed by atoms with Gasteiger partial charge in [0.15, 0.2) is 6.61 Å². The third kappa shape index (κ3) is 6.55. The van der Waals surface area contributed by atoms with Crippen molar-refractivity contribution in [2.24, 2.45) is 0 Å². The number of esters is 1. The molecule has 2 N–H and O–H groups in total. The number of carbonyl (C=O) groups excluding carboxylic acids is 4. The summed E-state index contributed by atoms with van der Waals surface area (Å²) in [5, 5.41) is 4.66. The summed E-state index contributed by atoms with van der Waals surface area (Å²) >= 11 is 0. The van der Waals surface area contributed by atoms with Gasteiger partial charge >= 0.3 is 5.97 Å². The van der Waals surface area contributed by atoms with E-state index in [-0.39, 0.29) is 5.41 Å². The summed E-state index contributed by atoms with van der Waals surface area (Å²) in [6, 6.07) is 14.4. The van der Waals surface area contributed by atoms with Crippen molar-refractivity contribution in [2.45, 2.75) is 39.2 Å². The van der Waals surface area contributed by atoms with E-state index in [2.05, 4.69) is 31.4 Å². The van der Waals surface area contributed by atoms with Crippen molar-refractivity contribution in [3.63, 3.8) is 0 Å². The Kier molecular flexibility index (Phi) is 7.47. The van der Waals surface area contributed by atoms with Gasteiger partial charge in [-0.3, -0.25) is 19.7 Å². The summed E-state index contributed by atoms with van der Waals surface area (Å²) in [6.07, 6.45) is 0. The lowest BCUT2D eigenvalue weighted by Crippen LogP contribution is -2.41. The van der Waals surface area contributed by atoms with Crippen molar-refractivity contribution in [1.29, 1.82) is 0 Å². The quantitative estimate of drug-likeness (QED) is 0.713. The number of hydrogen-bond donors (Lipinski definition) is 2.